The van der Waals surface area contributed by atoms with Crippen LogP contribution < -0.4 is 4.90 Å². The van der Waals surface area contributed by atoms with E-state index in [0.29, 0.717) is 0 Å². The van der Waals surface area contributed by atoms with Gasteiger partial charge in [-0.1, -0.05) is 43.3 Å². The van der Waals surface area contributed by atoms with Crippen molar-refractivity contribution in [2.75, 3.05) is 14.1 Å². The molecule has 0 unspecified atom stereocenters. The van der Waals surface area contributed by atoms with Crippen molar-refractivity contribution in [1.82, 2.24) is 24.7 Å². The summed E-state index contributed by atoms with van der Waals surface area (Å²) in [6.45, 7) is 4.89. The molecule has 0 fully saturated rings. The van der Waals surface area contributed by atoms with E-state index in [-0.39, 0.29) is 6.04 Å². The first-order valence-electron chi connectivity index (χ1n) is 11.3. The van der Waals surface area contributed by atoms with Gasteiger partial charge in [0.25, 0.3) is 0 Å². The second-order valence-electron chi connectivity index (χ2n) is 8.44. The molecule has 0 aliphatic carbocycles. The van der Waals surface area contributed by atoms with E-state index in [4.69, 9.17) is 15.1 Å². The lowest BCUT2D eigenvalue weighted by atomic mass is 10.2. The highest BCUT2D eigenvalue weighted by Crippen LogP contribution is 2.41. The summed E-state index contributed by atoms with van der Waals surface area (Å²) >= 11 is 5.01. The summed E-state index contributed by atoms with van der Waals surface area (Å²) in [6.07, 6.45) is 0.990. The smallest absolute Gasteiger partial charge is 0.198 e. The van der Waals surface area contributed by atoms with E-state index in [1.807, 2.05) is 13.0 Å². The lowest BCUT2D eigenvalue weighted by molar-refractivity contribution is -0.893. The van der Waals surface area contributed by atoms with Crippen molar-refractivity contribution in [2.24, 2.45) is 0 Å². The number of fused-ring (bicyclic) bond motifs is 1. The van der Waals surface area contributed by atoms with E-state index >= 15 is 0 Å². The zero-order chi connectivity index (χ0) is 23.7. The number of thiophene rings is 2. The summed E-state index contributed by atoms with van der Waals surface area (Å²) in [6, 6.07) is 15.0. The molecule has 174 valence electrons. The minimum absolute atomic E-state index is 0.264. The molecule has 4 aromatic heterocycles. The van der Waals surface area contributed by atoms with Gasteiger partial charge in [0.2, 0.25) is 0 Å². The van der Waals surface area contributed by atoms with Crippen LogP contribution in [0.1, 0.15) is 36.6 Å². The van der Waals surface area contributed by atoms with Crippen molar-refractivity contribution < 1.29 is 4.90 Å². The third kappa shape index (κ3) is 4.53. The maximum atomic E-state index is 4.87. The van der Waals surface area contributed by atoms with Gasteiger partial charge in [-0.2, -0.15) is 0 Å². The SMILES string of the molecule is CC[C@@H](c1nnc(Sc2nc(C)nc3scc(-c4cccs4)c23)n1Cc1ccccc1)[NH+](C)C. The van der Waals surface area contributed by atoms with Crippen LogP contribution >= 0.6 is 34.4 Å². The maximum absolute atomic E-state index is 4.87. The Bertz CT molecular complexity index is 1390. The summed E-state index contributed by atoms with van der Waals surface area (Å²) in [5.74, 6) is 1.78. The third-order valence-electron chi connectivity index (χ3n) is 5.83. The van der Waals surface area contributed by atoms with Gasteiger partial charge in [0, 0.05) is 22.2 Å². The number of nitrogens with zero attached hydrogens (tertiary/aromatic N) is 5. The Morgan fingerprint density at radius 1 is 1.03 bits per heavy atom. The number of nitrogens with one attached hydrogen (secondary N) is 1. The molecule has 9 heteroatoms. The van der Waals surface area contributed by atoms with E-state index in [1.165, 1.54) is 20.9 Å². The minimum Gasteiger partial charge on any atom is -0.331 e. The Labute approximate surface area is 211 Å². The lowest BCUT2D eigenvalue weighted by Gasteiger charge is -2.20. The highest BCUT2D eigenvalue weighted by molar-refractivity contribution is 7.99. The Balaban J connectivity index is 1.62. The fraction of sp³-hybridized carbons (Fsp3) is 0.280. The third-order valence-corrected chi connectivity index (χ3v) is 8.58. The standard InChI is InChI=1S/C25H26N6S3/c1-5-19(30(3)4)22-28-29-25(31(22)14-17-10-7-6-8-11-17)34-24-21-18(20-12-9-13-32-20)15-33-23(21)26-16(2)27-24/h6-13,15,19H,5,14H2,1-4H3/p+1/t19-/m0/s1. The first kappa shape index (κ1) is 23.2. The summed E-state index contributed by atoms with van der Waals surface area (Å²) < 4.78 is 2.27. The normalized spacial score (nSPS) is 12.6. The molecule has 4 heterocycles. The number of hydrogen-bond acceptors (Lipinski definition) is 7. The first-order valence-corrected chi connectivity index (χ1v) is 13.9. The van der Waals surface area contributed by atoms with Crippen molar-refractivity contribution in [2.45, 2.75) is 43.0 Å². The molecule has 0 bridgehead atoms. The topological polar surface area (TPSA) is 60.9 Å². The van der Waals surface area contributed by atoms with E-state index in [9.17, 15) is 0 Å². The number of rotatable bonds is 8. The van der Waals surface area contributed by atoms with Gasteiger partial charge < -0.3 is 4.90 Å². The van der Waals surface area contributed by atoms with Crippen LogP contribution in [0.4, 0.5) is 0 Å². The summed E-state index contributed by atoms with van der Waals surface area (Å²) in [4.78, 5) is 13.2. The van der Waals surface area contributed by atoms with E-state index < -0.39 is 0 Å². The van der Waals surface area contributed by atoms with E-state index in [1.54, 1.807) is 34.4 Å². The molecule has 6 nitrogen and oxygen atoms in total. The van der Waals surface area contributed by atoms with Gasteiger partial charge >= 0.3 is 0 Å². The molecule has 5 rings (SSSR count). The van der Waals surface area contributed by atoms with Crippen molar-refractivity contribution in [1.29, 1.82) is 0 Å². The summed E-state index contributed by atoms with van der Waals surface area (Å²) in [7, 11) is 4.36. The van der Waals surface area contributed by atoms with E-state index in [2.05, 4.69) is 77.8 Å². The van der Waals surface area contributed by atoms with Gasteiger partial charge in [-0.15, -0.1) is 32.9 Å². The van der Waals surface area contributed by atoms with Gasteiger partial charge in [0.05, 0.1) is 26.0 Å². The van der Waals surface area contributed by atoms with Crippen LogP contribution in [0.3, 0.4) is 0 Å². The highest BCUT2D eigenvalue weighted by atomic mass is 32.2. The summed E-state index contributed by atoms with van der Waals surface area (Å²) in [5.41, 5.74) is 2.42. The molecule has 0 amide bonds. The zero-order valence-electron chi connectivity index (χ0n) is 19.6. The predicted octanol–water partition coefficient (Wildman–Crippen LogP) is 5.11. The molecule has 5 aromatic rings. The quantitative estimate of drug-likeness (QED) is 0.296. The fourth-order valence-corrected chi connectivity index (χ4v) is 7.06. The van der Waals surface area contributed by atoms with Crippen LogP contribution in [0.25, 0.3) is 20.7 Å². The molecule has 34 heavy (non-hydrogen) atoms. The molecule has 0 radical (unpaired) electrons. The van der Waals surface area contributed by atoms with Gasteiger partial charge in [-0.3, -0.25) is 4.57 Å². The lowest BCUT2D eigenvalue weighted by Crippen LogP contribution is -3.06. The van der Waals surface area contributed by atoms with Gasteiger partial charge in [0.15, 0.2) is 11.0 Å². The monoisotopic (exact) mass is 507 g/mol. The van der Waals surface area contributed by atoms with Crippen molar-refractivity contribution in [3.05, 3.63) is 70.4 Å². The zero-order valence-corrected chi connectivity index (χ0v) is 22.1. The van der Waals surface area contributed by atoms with Crippen LogP contribution in [0.5, 0.6) is 0 Å². The molecule has 1 atom stereocenters. The molecular weight excluding hydrogens is 481 g/mol. The van der Waals surface area contributed by atoms with Gasteiger partial charge in [-0.25, -0.2) is 9.97 Å². The Morgan fingerprint density at radius 3 is 2.56 bits per heavy atom. The van der Waals surface area contributed by atoms with Crippen LogP contribution in [0.15, 0.2) is 63.4 Å². The largest absolute Gasteiger partial charge is 0.331 e. The molecule has 0 saturated carbocycles. The maximum Gasteiger partial charge on any atom is 0.198 e. The average Bonchev–Trinajstić information content (AvgIpc) is 3.56. The molecular formula is C25H27N6S3+. The second-order valence-corrected chi connectivity index (χ2v) is 11.2. The van der Waals surface area contributed by atoms with Crippen molar-refractivity contribution in [3.63, 3.8) is 0 Å². The number of quaternary nitrogens is 1. The minimum atomic E-state index is 0.264. The Kier molecular flexibility index (Phi) is 6.78. The number of benzene rings is 1. The fourth-order valence-electron chi connectivity index (χ4n) is 4.18. The van der Waals surface area contributed by atoms with Crippen LogP contribution in [0, 0.1) is 6.92 Å². The van der Waals surface area contributed by atoms with Gasteiger partial charge in [0.1, 0.15) is 21.7 Å². The van der Waals surface area contributed by atoms with Crippen LogP contribution in [-0.4, -0.2) is 38.8 Å². The Morgan fingerprint density at radius 2 is 1.85 bits per heavy atom. The molecule has 0 saturated heterocycles. The highest BCUT2D eigenvalue weighted by Gasteiger charge is 2.26. The summed E-state index contributed by atoms with van der Waals surface area (Å²) in [5, 5.41) is 16.6. The molecule has 0 spiro atoms. The number of aryl methyl sites for hydroxylation is 1. The van der Waals surface area contributed by atoms with Crippen LogP contribution in [0.2, 0.25) is 0 Å². The predicted molar refractivity (Wildman–Crippen MR) is 141 cm³/mol. The second kappa shape index (κ2) is 9.95. The van der Waals surface area contributed by atoms with Crippen molar-refractivity contribution in [3.8, 4) is 10.4 Å². The van der Waals surface area contributed by atoms with Gasteiger partial charge in [-0.05, 0) is 35.7 Å². The molecule has 0 aliphatic rings. The van der Waals surface area contributed by atoms with Crippen molar-refractivity contribution >= 4 is 44.7 Å². The number of aromatic nitrogens is 5. The van der Waals surface area contributed by atoms with Crippen LogP contribution in [-0.2, 0) is 6.54 Å². The molecule has 1 N–H and O–H groups in total. The van der Waals surface area contributed by atoms with E-state index in [0.717, 1.165) is 45.0 Å². The Hall–Kier alpha value is -2.59. The average molecular weight is 508 g/mol. The molecule has 1 aromatic carbocycles. The first-order chi connectivity index (χ1) is 16.5. The molecule has 0 aliphatic heterocycles. The number of hydrogen-bond donors (Lipinski definition) is 1.